The van der Waals surface area contributed by atoms with Crippen molar-refractivity contribution in [3.8, 4) is 28.7 Å². The van der Waals surface area contributed by atoms with Crippen LogP contribution < -0.4 is 4.74 Å². The molecule has 0 unspecified atom stereocenters. The molecule has 0 fully saturated rings. The zero-order valence-corrected chi connectivity index (χ0v) is 15.0. The van der Waals surface area contributed by atoms with Crippen LogP contribution in [0.25, 0.3) is 11.1 Å². The van der Waals surface area contributed by atoms with Crippen molar-refractivity contribution >= 4 is 0 Å². The molecule has 136 valence electrons. The first kappa shape index (κ1) is 18.6. The highest BCUT2D eigenvalue weighted by molar-refractivity contribution is 5.65. The molecule has 0 saturated carbocycles. The van der Waals surface area contributed by atoms with Gasteiger partial charge in [-0.05, 0) is 53.9 Å². The van der Waals surface area contributed by atoms with Crippen molar-refractivity contribution in [3.05, 3.63) is 83.7 Å². The van der Waals surface area contributed by atoms with Crippen LogP contribution >= 0.6 is 0 Å². The molecule has 1 heterocycles. The van der Waals surface area contributed by atoms with E-state index in [0.29, 0.717) is 0 Å². The van der Waals surface area contributed by atoms with E-state index < -0.39 is 11.9 Å². The normalized spacial score (nSPS) is 10.2. The van der Waals surface area contributed by atoms with Crippen LogP contribution in [0.5, 0.6) is 5.75 Å². The lowest BCUT2D eigenvalue weighted by Gasteiger charge is -2.07. The number of benzene rings is 2. The Labute approximate surface area is 157 Å². The van der Waals surface area contributed by atoms with E-state index >= 15 is 0 Å². The monoisotopic (exact) mass is 363 g/mol. The van der Waals surface area contributed by atoms with Gasteiger partial charge in [0, 0.05) is 5.56 Å². The second-order valence-electron chi connectivity index (χ2n) is 6.03. The van der Waals surface area contributed by atoms with E-state index in [1.165, 1.54) is 6.07 Å². The standard InChI is InChI=1S/C23H19F2NO/c1-2-3-16-27-21-13-10-19(11-14-21)18-7-4-17(5-8-18)6-9-20-12-15-22(24)26-23(20)25/h4-5,7-8,10-15H,2-3,16H2,1H3. The Morgan fingerprint density at radius 2 is 1.52 bits per heavy atom. The Balaban J connectivity index is 1.69. The van der Waals surface area contributed by atoms with Crippen LogP contribution in [-0.2, 0) is 0 Å². The van der Waals surface area contributed by atoms with Gasteiger partial charge in [-0.15, -0.1) is 0 Å². The molecule has 0 bridgehead atoms. The van der Waals surface area contributed by atoms with Crippen LogP contribution in [0.1, 0.15) is 30.9 Å². The number of aromatic nitrogens is 1. The Kier molecular flexibility index (Phi) is 6.17. The van der Waals surface area contributed by atoms with Crippen molar-refractivity contribution in [1.29, 1.82) is 0 Å². The predicted octanol–water partition coefficient (Wildman–Crippen LogP) is 5.61. The highest BCUT2D eigenvalue weighted by Gasteiger charge is 2.02. The first-order valence-corrected chi connectivity index (χ1v) is 8.83. The minimum atomic E-state index is -0.902. The predicted molar refractivity (Wildman–Crippen MR) is 102 cm³/mol. The van der Waals surface area contributed by atoms with Gasteiger partial charge in [0.1, 0.15) is 5.75 Å². The van der Waals surface area contributed by atoms with Crippen molar-refractivity contribution in [3.63, 3.8) is 0 Å². The lowest BCUT2D eigenvalue weighted by molar-refractivity contribution is 0.309. The van der Waals surface area contributed by atoms with Crippen LogP contribution in [-0.4, -0.2) is 11.6 Å². The fraction of sp³-hybridized carbons (Fsp3) is 0.174. The molecule has 3 rings (SSSR count). The summed E-state index contributed by atoms with van der Waals surface area (Å²) in [5.41, 5.74) is 2.93. The van der Waals surface area contributed by atoms with Crippen molar-refractivity contribution in [2.75, 3.05) is 6.61 Å². The van der Waals surface area contributed by atoms with E-state index in [2.05, 4.69) is 23.7 Å². The average Bonchev–Trinajstić information content (AvgIpc) is 2.69. The topological polar surface area (TPSA) is 22.1 Å². The van der Waals surface area contributed by atoms with Gasteiger partial charge in [-0.25, -0.2) is 0 Å². The lowest BCUT2D eigenvalue weighted by Crippen LogP contribution is -1.95. The van der Waals surface area contributed by atoms with Crippen molar-refractivity contribution in [1.82, 2.24) is 4.98 Å². The quantitative estimate of drug-likeness (QED) is 0.334. The molecule has 27 heavy (non-hydrogen) atoms. The molecule has 0 aliphatic rings. The minimum absolute atomic E-state index is 0.0686. The molecule has 0 radical (unpaired) electrons. The summed E-state index contributed by atoms with van der Waals surface area (Å²) in [4.78, 5) is 3.12. The van der Waals surface area contributed by atoms with Crippen LogP contribution in [0.4, 0.5) is 8.78 Å². The van der Waals surface area contributed by atoms with Crippen molar-refractivity contribution < 1.29 is 13.5 Å². The largest absolute Gasteiger partial charge is 0.494 e. The number of unbranched alkanes of at least 4 members (excludes halogenated alkanes) is 1. The van der Waals surface area contributed by atoms with Gasteiger partial charge >= 0.3 is 0 Å². The number of hydrogen-bond acceptors (Lipinski definition) is 2. The van der Waals surface area contributed by atoms with Crippen LogP contribution in [0.15, 0.2) is 60.7 Å². The van der Waals surface area contributed by atoms with Crippen LogP contribution in [0.2, 0.25) is 0 Å². The second kappa shape index (κ2) is 8.95. The zero-order valence-electron chi connectivity index (χ0n) is 15.0. The summed E-state index contributed by atoms with van der Waals surface area (Å²) in [5.74, 6) is 4.65. The molecule has 0 N–H and O–H groups in total. The van der Waals surface area contributed by atoms with E-state index in [0.717, 1.165) is 48.0 Å². The highest BCUT2D eigenvalue weighted by atomic mass is 19.1. The first-order valence-electron chi connectivity index (χ1n) is 8.83. The third-order valence-electron chi connectivity index (χ3n) is 4.00. The fourth-order valence-corrected chi connectivity index (χ4v) is 2.47. The van der Waals surface area contributed by atoms with Gasteiger partial charge in [0.05, 0.1) is 12.2 Å². The summed E-state index contributed by atoms with van der Waals surface area (Å²) >= 11 is 0. The number of pyridine rings is 1. The summed E-state index contributed by atoms with van der Waals surface area (Å²) in [6.07, 6.45) is 2.15. The Bertz CT molecular complexity index is 954. The summed E-state index contributed by atoms with van der Waals surface area (Å²) in [7, 11) is 0. The number of hydrogen-bond donors (Lipinski definition) is 0. The van der Waals surface area contributed by atoms with Crippen LogP contribution in [0.3, 0.4) is 0 Å². The molecule has 3 aromatic rings. The maximum absolute atomic E-state index is 13.5. The van der Waals surface area contributed by atoms with E-state index in [4.69, 9.17) is 4.74 Å². The number of halogens is 2. The maximum Gasteiger partial charge on any atom is 0.231 e. The third-order valence-corrected chi connectivity index (χ3v) is 4.00. The van der Waals surface area contributed by atoms with Gasteiger partial charge in [0.15, 0.2) is 0 Å². The minimum Gasteiger partial charge on any atom is -0.494 e. The van der Waals surface area contributed by atoms with Crippen LogP contribution in [0, 0.1) is 23.7 Å². The maximum atomic E-state index is 13.5. The SMILES string of the molecule is CCCCOc1ccc(-c2ccc(C#Cc3ccc(F)nc3F)cc2)cc1. The molecule has 0 amide bonds. The zero-order chi connectivity index (χ0) is 19.1. The average molecular weight is 363 g/mol. The molecule has 0 spiro atoms. The summed E-state index contributed by atoms with van der Waals surface area (Å²) in [6.45, 7) is 2.86. The van der Waals surface area contributed by atoms with Gasteiger partial charge in [-0.2, -0.15) is 13.8 Å². The summed E-state index contributed by atoms with van der Waals surface area (Å²) in [6, 6.07) is 18.0. The first-order chi connectivity index (χ1) is 13.2. The van der Waals surface area contributed by atoms with Gasteiger partial charge in [-0.1, -0.05) is 49.5 Å². The van der Waals surface area contributed by atoms with E-state index in [1.807, 2.05) is 48.5 Å². The van der Waals surface area contributed by atoms with Crippen molar-refractivity contribution in [2.24, 2.45) is 0 Å². The molecule has 0 aliphatic heterocycles. The molecule has 0 aliphatic carbocycles. The van der Waals surface area contributed by atoms with Crippen molar-refractivity contribution in [2.45, 2.75) is 19.8 Å². The molecule has 2 aromatic carbocycles. The van der Waals surface area contributed by atoms with E-state index in [-0.39, 0.29) is 5.56 Å². The Hall–Kier alpha value is -3.19. The second-order valence-corrected chi connectivity index (χ2v) is 6.03. The smallest absolute Gasteiger partial charge is 0.231 e. The number of rotatable bonds is 5. The molecule has 4 heteroatoms. The molecular formula is C23H19F2NO. The molecule has 1 aromatic heterocycles. The van der Waals surface area contributed by atoms with Gasteiger partial charge in [0.25, 0.3) is 0 Å². The summed E-state index contributed by atoms with van der Waals surface area (Å²) in [5, 5.41) is 0. The Morgan fingerprint density at radius 1 is 0.852 bits per heavy atom. The molecule has 2 nitrogen and oxygen atoms in total. The van der Waals surface area contributed by atoms with E-state index in [1.54, 1.807) is 0 Å². The fourth-order valence-electron chi connectivity index (χ4n) is 2.47. The number of ether oxygens (including phenoxy) is 1. The van der Waals surface area contributed by atoms with Gasteiger partial charge in [0.2, 0.25) is 11.9 Å². The summed E-state index contributed by atoms with van der Waals surface area (Å²) < 4.78 is 32.0. The van der Waals surface area contributed by atoms with Gasteiger partial charge < -0.3 is 4.74 Å². The molecular weight excluding hydrogens is 344 g/mol. The molecule has 0 atom stereocenters. The molecule has 0 saturated heterocycles. The third kappa shape index (κ3) is 5.15. The Morgan fingerprint density at radius 3 is 2.15 bits per heavy atom. The van der Waals surface area contributed by atoms with E-state index in [9.17, 15) is 8.78 Å². The van der Waals surface area contributed by atoms with Gasteiger partial charge in [-0.3, -0.25) is 0 Å². The highest BCUT2D eigenvalue weighted by Crippen LogP contribution is 2.23. The number of nitrogens with zero attached hydrogens (tertiary/aromatic N) is 1. The lowest BCUT2D eigenvalue weighted by atomic mass is 10.0.